The average molecular weight is 304 g/mol. The highest BCUT2D eigenvalue weighted by Gasteiger charge is 2.16. The van der Waals surface area contributed by atoms with Crippen molar-refractivity contribution in [3.8, 4) is 5.75 Å². The van der Waals surface area contributed by atoms with Gasteiger partial charge in [0.25, 0.3) is 5.91 Å². The van der Waals surface area contributed by atoms with Gasteiger partial charge in [-0.25, -0.2) is 0 Å². The fourth-order valence-electron chi connectivity index (χ4n) is 1.95. The van der Waals surface area contributed by atoms with Crippen molar-refractivity contribution in [2.75, 3.05) is 5.32 Å². The third-order valence-corrected chi connectivity index (χ3v) is 3.42. The van der Waals surface area contributed by atoms with E-state index in [0.29, 0.717) is 10.7 Å². The molecule has 2 aromatic rings. The first-order chi connectivity index (χ1) is 9.77. The molecule has 2 N–H and O–H groups in total. The number of hydrogen-bond acceptors (Lipinski definition) is 2. The lowest BCUT2D eigenvalue weighted by atomic mass is 9.87. The first-order valence-corrected chi connectivity index (χ1v) is 7.05. The van der Waals surface area contributed by atoms with Crippen LogP contribution >= 0.6 is 11.6 Å². The molecule has 2 rings (SSSR count). The summed E-state index contributed by atoms with van der Waals surface area (Å²) >= 11 is 5.86. The van der Waals surface area contributed by atoms with Crippen LogP contribution in [0.25, 0.3) is 0 Å². The van der Waals surface area contributed by atoms with E-state index in [4.69, 9.17) is 11.6 Å². The summed E-state index contributed by atoms with van der Waals surface area (Å²) in [5.74, 6) is -0.482. The molecule has 0 radical (unpaired) electrons. The zero-order valence-corrected chi connectivity index (χ0v) is 13.0. The Morgan fingerprint density at radius 1 is 1.14 bits per heavy atom. The van der Waals surface area contributed by atoms with E-state index < -0.39 is 0 Å². The molecule has 0 fully saturated rings. The van der Waals surface area contributed by atoms with Crippen molar-refractivity contribution in [3.63, 3.8) is 0 Å². The number of phenolic OH excluding ortho intramolecular Hbond substituents is 1. The monoisotopic (exact) mass is 303 g/mol. The Balaban J connectivity index is 2.26. The molecule has 2 aromatic carbocycles. The summed E-state index contributed by atoms with van der Waals surface area (Å²) in [7, 11) is 0. The predicted octanol–water partition coefficient (Wildman–Crippen LogP) is 4.60. The summed E-state index contributed by atoms with van der Waals surface area (Å²) < 4.78 is 0. The normalized spacial score (nSPS) is 11.2. The van der Waals surface area contributed by atoms with Crippen LogP contribution < -0.4 is 5.32 Å². The van der Waals surface area contributed by atoms with Gasteiger partial charge in [0.2, 0.25) is 0 Å². The lowest BCUT2D eigenvalue weighted by Gasteiger charge is -2.20. The van der Waals surface area contributed by atoms with Gasteiger partial charge in [-0.3, -0.25) is 4.79 Å². The molecule has 0 bridgehead atoms. The van der Waals surface area contributed by atoms with Crippen molar-refractivity contribution < 1.29 is 9.90 Å². The van der Waals surface area contributed by atoms with Gasteiger partial charge in [-0.05, 0) is 41.3 Å². The molecule has 0 spiro atoms. The summed E-state index contributed by atoms with van der Waals surface area (Å²) in [6.45, 7) is 6.32. The number of halogens is 1. The molecule has 0 unspecified atom stereocenters. The van der Waals surface area contributed by atoms with Crippen LogP contribution in [0.15, 0.2) is 42.5 Å². The Hall–Kier alpha value is -2.00. The molecule has 0 heterocycles. The van der Waals surface area contributed by atoms with E-state index in [1.165, 1.54) is 18.2 Å². The van der Waals surface area contributed by atoms with Crippen molar-refractivity contribution in [2.45, 2.75) is 26.2 Å². The van der Waals surface area contributed by atoms with E-state index in [1.54, 1.807) is 0 Å². The number of carbonyl (C=O) groups excluding carboxylic acids is 1. The number of anilines is 1. The molecule has 110 valence electrons. The van der Waals surface area contributed by atoms with E-state index in [1.807, 2.05) is 24.3 Å². The van der Waals surface area contributed by atoms with Gasteiger partial charge < -0.3 is 10.4 Å². The molecule has 0 atom stereocenters. The van der Waals surface area contributed by atoms with E-state index >= 15 is 0 Å². The van der Waals surface area contributed by atoms with E-state index in [-0.39, 0.29) is 22.6 Å². The molecule has 1 amide bonds. The zero-order chi connectivity index (χ0) is 15.6. The maximum Gasteiger partial charge on any atom is 0.259 e. The lowest BCUT2D eigenvalue weighted by molar-refractivity contribution is 0.102. The van der Waals surface area contributed by atoms with Crippen LogP contribution in [0.2, 0.25) is 5.02 Å². The van der Waals surface area contributed by atoms with Crippen molar-refractivity contribution in [1.29, 1.82) is 0 Å². The molecule has 21 heavy (non-hydrogen) atoms. The summed E-state index contributed by atoms with van der Waals surface area (Å²) in [6.07, 6.45) is 0. The Labute approximate surface area is 129 Å². The largest absolute Gasteiger partial charge is 0.507 e. The molecule has 0 aliphatic heterocycles. The molecule has 3 nitrogen and oxygen atoms in total. The summed E-state index contributed by atoms with van der Waals surface area (Å²) in [5, 5.41) is 12.9. The number of carbonyl (C=O) groups is 1. The van der Waals surface area contributed by atoms with E-state index in [2.05, 4.69) is 26.1 Å². The molecular formula is C17H18ClNO2. The number of aromatic hydroxyl groups is 1. The number of nitrogens with one attached hydrogen (secondary N) is 1. The highest BCUT2D eigenvalue weighted by atomic mass is 35.5. The van der Waals surface area contributed by atoms with Crippen LogP contribution in [0, 0.1) is 0 Å². The van der Waals surface area contributed by atoms with Gasteiger partial charge in [-0.1, -0.05) is 44.5 Å². The summed E-state index contributed by atoms with van der Waals surface area (Å²) in [4.78, 5) is 12.2. The molecular weight excluding hydrogens is 286 g/mol. The van der Waals surface area contributed by atoms with Gasteiger partial charge in [-0.15, -0.1) is 0 Å². The Morgan fingerprint density at radius 2 is 1.86 bits per heavy atom. The lowest BCUT2D eigenvalue weighted by Crippen LogP contribution is -2.14. The van der Waals surface area contributed by atoms with Crippen LogP contribution in [-0.4, -0.2) is 11.0 Å². The topological polar surface area (TPSA) is 49.3 Å². The van der Waals surface area contributed by atoms with Crippen molar-refractivity contribution in [1.82, 2.24) is 0 Å². The number of hydrogen-bond donors (Lipinski definition) is 2. The minimum absolute atomic E-state index is 0.00106. The van der Waals surface area contributed by atoms with Gasteiger partial charge in [0.05, 0.1) is 5.56 Å². The summed E-state index contributed by atoms with van der Waals surface area (Å²) in [6, 6.07) is 12.0. The smallest absolute Gasteiger partial charge is 0.259 e. The van der Waals surface area contributed by atoms with Gasteiger partial charge in [0.15, 0.2) is 0 Å². The Kier molecular flexibility index (Phi) is 4.24. The number of rotatable bonds is 2. The van der Waals surface area contributed by atoms with Crippen molar-refractivity contribution >= 4 is 23.2 Å². The van der Waals surface area contributed by atoms with Gasteiger partial charge in [0.1, 0.15) is 5.75 Å². The predicted molar refractivity (Wildman–Crippen MR) is 86.2 cm³/mol. The molecule has 4 heteroatoms. The third-order valence-electron chi connectivity index (χ3n) is 3.19. The van der Waals surface area contributed by atoms with Gasteiger partial charge in [0, 0.05) is 10.7 Å². The maximum atomic E-state index is 12.2. The highest BCUT2D eigenvalue weighted by Crippen LogP contribution is 2.26. The molecule has 0 aliphatic rings. The quantitative estimate of drug-likeness (QED) is 0.852. The van der Waals surface area contributed by atoms with Crippen LogP contribution in [0.3, 0.4) is 0 Å². The third kappa shape index (κ3) is 3.76. The molecule has 0 saturated carbocycles. The molecule has 0 aliphatic carbocycles. The van der Waals surface area contributed by atoms with Crippen molar-refractivity contribution in [3.05, 3.63) is 58.6 Å². The van der Waals surface area contributed by atoms with E-state index in [9.17, 15) is 9.90 Å². The second-order valence-corrected chi connectivity index (χ2v) is 6.38. The van der Waals surface area contributed by atoms with Gasteiger partial charge >= 0.3 is 0 Å². The first-order valence-electron chi connectivity index (χ1n) is 6.68. The number of amides is 1. The Bertz CT molecular complexity index is 675. The van der Waals surface area contributed by atoms with Crippen LogP contribution in [0.4, 0.5) is 5.69 Å². The van der Waals surface area contributed by atoms with E-state index in [0.717, 1.165) is 5.56 Å². The molecule has 0 aromatic heterocycles. The Morgan fingerprint density at radius 3 is 2.52 bits per heavy atom. The zero-order valence-electron chi connectivity index (χ0n) is 12.3. The van der Waals surface area contributed by atoms with Crippen molar-refractivity contribution in [2.24, 2.45) is 0 Å². The van der Waals surface area contributed by atoms with Crippen LogP contribution in [-0.2, 0) is 5.41 Å². The van der Waals surface area contributed by atoms with Crippen LogP contribution in [0.5, 0.6) is 5.75 Å². The van der Waals surface area contributed by atoms with Gasteiger partial charge in [-0.2, -0.15) is 0 Å². The number of benzene rings is 2. The summed E-state index contributed by atoms with van der Waals surface area (Å²) in [5.41, 5.74) is 1.96. The fraction of sp³-hybridized carbons (Fsp3) is 0.235. The maximum absolute atomic E-state index is 12.2. The second kappa shape index (κ2) is 5.78. The highest BCUT2D eigenvalue weighted by molar-refractivity contribution is 6.31. The second-order valence-electron chi connectivity index (χ2n) is 5.95. The van der Waals surface area contributed by atoms with Crippen LogP contribution in [0.1, 0.15) is 36.7 Å². The number of phenols is 1. The minimum Gasteiger partial charge on any atom is -0.507 e. The standard InChI is InChI=1S/C17H18ClNO2/c1-17(2,3)11-5-4-6-13(9-11)19-16(21)14-10-12(18)7-8-15(14)20/h4-10,20H,1-3H3,(H,19,21). The minimum atomic E-state index is -0.388. The fourth-order valence-corrected chi connectivity index (χ4v) is 2.12. The SMILES string of the molecule is CC(C)(C)c1cccc(NC(=O)c2cc(Cl)ccc2O)c1. The average Bonchev–Trinajstić information content (AvgIpc) is 2.41. The first kappa shape index (κ1) is 15.4. The molecule has 0 saturated heterocycles.